The van der Waals surface area contributed by atoms with E-state index in [4.69, 9.17) is 0 Å². The Hall–Kier alpha value is -1.22. The van der Waals surface area contributed by atoms with Gasteiger partial charge in [0.2, 0.25) is 11.8 Å². The van der Waals surface area contributed by atoms with Crippen molar-refractivity contribution < 1.29 is 19.8 Å². The van der Waals surface area contributed by atoms with Crippen LogP contribution in [0.25, 0.3) is 0 Å². The predicted octanol–water partition coefficient (Wildman–Crippen LogP) is -1.23. The summed E-state index contributed by atoms with van der Waals surface area (Å²) in [5.74, 6) is 0.541. The Balaban J connectivity index is 1.11. The number of carbonyl (C=O) groups is 2. The fraction of sp³-hybridized carbons (Fsp3) is 0.923. The monoisotopic (exact) mass is 476 g/mol. The first-order valence-electron chi connectivity index (χ1n) is 14.3. The molecule has 4 heterocycles. The lowest BCUT2D eigenvalue weighted by Crippen LogP contribution is -3.18. The van der Waals surface area contributed by atoms with E-state index in [-0.39, 0.29) is 11.9 Å². The lowest BCUT2D eigenvalue weighted by atomic mass is 9.93. The molecule has 5 atom stereocenters. The van der Waals surface area contributed by atoms with Crippen LogP contribution in [0.5, 0.6) is 0 Å². The molecule has 34 heavy (non-hydrogen) atoms. The molecule has 0 bridgehead atoms. The first kappa shape index (κ1) is 24.5. The van der Waals surface area contributed by atoms with Crippen LogP contribution in [0.3, 0.4) is 0 Å². The molecular weight excluding hydrogens is 428 g/mol. The smallest absolute Gasteiger partial charge is 0.243 e. The fourth-order valence-electron chi connectivity index (χ4n) is 7.59. The normalized spacial score (nSPS) is 36.7. The Morgan fingerprint density at radius 3 is 2.50 bits per heavy atom. The van der Waals surface area contributed by atoms with Crippen LogP contribution in [-0.2, 0) is 9.59 Å². The number of nitrogens with one attached hydrogen (secondary N) is 2. The van der Waals surface area contributed by atoms with E-state index in [0.29, 0.717) is 43.2 Å². The van der Waals surface area contributed by atoms with E-state index >= 15 is 0 Å². The lowest BCUT2D eigenvalue weighted by Gasteiger charge is -2.39. The summed E-state index contributed by atoms with van der Waals surface area (Å²) in [4.78, 5) is 34.9. The maximum Gasteiger partial charge on any atom is 0.243 e. The highest BCUT2D eigenvalue weighted by molar-refractivity contribution is 5.83. The molecule has 0 aromatic heterocycles. The minimum absolute atomic E-state index is 0.0217. The first-order chi connectivity index (χ1) is 16.6. The van der Waals surface area contributed by atoms with Gasteiger partial charge in [0, 0.05) is 64.4 Å². The topological polar surface area (TPSA) is 76.9 Å². The average molecular weight is 477 g/mol. The van der Waals surface area contributed by atoms with E-state index < -0.39 is 0 Å². The SMILES string of the molecule is C[NH+]1C(CCC(=O)N2CCN(C3CCCC[NH2+]3)CC2)CNC(=O)C2C1CCN2C1CCCCC1. The van der Waals surface area contributed by atoms with E-state index in [1.165, 1.54) is 62.8 Å². The summed E-state index contributed by atoms with van der Waals surface area (Å²) in [6.45, 7) is 6.77. The molecule has 5 unspecified atom stereocenters. The molecule has 2 amide bonds. The molecule has 0 aromatic carbocycles. The molecule has 0 radical (unpaired) electrons. The Labute approximate surface area is 205 Å². The molecule has 5 aliphatic rings. The summed E-state index contributed by atoms with van der Waals surface area (Å²) in [5.41, 5.74) is 0. The molecule has 0 spiro atoms. The van der Waals surface area contributed by atoms with Crippen molar-refractivity contribution in [2.75, 3.05) is 52.9 Å². The number of nitrogens with zero attached hydrogens (tertiary/aromatic N) is 3. The highest BCUT2D eigenvalue weighted by atomic mass is 16.2. The third kappa shape index (κ3) is 5.30. The largest absolute Gasteiger partial charge is 0.349 e. The summed E-state index contributed by atoms with van der Waals surface area (Å²) in [6, 6.07) is 1.30. The number of likely N-dealkylation sites (N-methyl/N-ethyl adjacent to an activating group) is 1. The van der Waals surface area contributed by atoms with Crippen LogP contribution >= 0.6 is 0 Å². The number of hydrogen-bond acceptors (Lipinski definition) is 4. The van der Waals surface area contributed by atoms with Gasteiger partial charge in [0.15, 0.2) is 0 Å². The lowest BCUT2D eigenvalue weighted by molar-refractivity contribution is -0.928. The van der Waals surface area contributed by atoms with Crippen LogP contribution in [0.15, 0.2) is 0 Å². The number of nitrogens with two attached hydrogens (primary N) is 1. The minimum atomic E-state index is 0.0217. The molecule has 8 nitrogen and oxygen atoms in total. The van der Waals surface area contributed by atoms with Crippen LogP contribution in [0, 0.1) is 0 Å². The van der Waals surface area contributed by atoms with Crippen molar-refractivity contribution in [3.05, 3.63) is 0 Å². The van der Waals surface area contributed by atoms with Gasteiger partial charge in [-0.05, 0) is 25.7 Å². The van der Waals surface area contributed by atoms with Gasteiger partial charge in [-0.1, -0.05) is 19.3 Å². The van der Waals surface area contributed by atoms with Gasteiger partial charge in [-0.25, -0.2) is 0 Å². The standard InChI is InChI=1S/C26H46N6O2/c1-29-21(10-11-24(33)31-17-15-30(16-18-31)23-9-5-6-13-27-23)19-28-26(34)25-22(29)12-14-32(25)20-7-3-2-4-8-20/h20-23,25,27H,2-19H2,1H3,(H,28,34)/p+2. The average Bonchev–Trinajstić information content (AvgIpc) is 3.30. The van der Waals surface area contributed by atoms with Crippen molar-refractivity contribution in [1.82, 2.24) is 20.0 Å². The summed E-state index contributed by atoms with van der Waals surface area (Å²) >= 11 is 0. The second kappa shape index (κ2) is 11.2. The third-order valence-corrected chi connectivity index (χ3v) is 9.74. The molecule has 192 valence electrons. The van der Waals surface area contributed by atoms with Crippen LogP contribution < -0.4 is 15.5 Å². The first-order valence-corrected chi connectivity index (χ1v) is 14.3. The molecule has 8 heteroatoms. The zero-order valence-electron chi connectivity index (χ0n) is 21.4. The van der Waals surface area contributed by atoms with E-state index in [1.54, 1.807) is 0 Å². The van der Waals surface area contributed by atoms with Crippen LogP contribution in [0.2, 0.25) is 0 Å². The predicted molar refractivity (Wildman–Crippen MR) is 131 cm³/mol. The minimum Gasteiger partial charge on any atom is -0.349 e. The molecular formula is C26H48N6O2+2. The Morgan fingerprint density at radius 1 is 1.00 bits per heavy atom. The summed E-state index contributed by atoms with van der Waals surface area (Å²) in [5, 5.41) is 5.77. The van der Waals surface area contributed by atoms with Gasteiger partial charge in [0.05, 0.1) is 20.1 Å². The summed E-state index contributed by atoms with van der Waals surface area (Å²) in [6.07, 6.45) is 13.6. The van der Waals surface area contributed by atoms with Crippen molar-refractivity contribution in [2.45, 2.75) is 101 Å². The number of piperazine rings is 1. The van der Waals surface area contributed by atoms with Gasteiger partial charge in [-0.2, -0.15) is 0 Å². The number of hydrogen-bond donors (Lipinski definition) is 3. The molecule has 1 saturated carbocycles. The van der Waals surface area contributed by atoms with Gasteiger partial charge in [0.25, 0.3) is 0 Å². The fourth-order valence-corrected chi connectivity index (χ4v) is 7.59. The molecule has 4 saturated heterocycles. The summed E-state index contributed by atoms with van der Waals surface area (Å²) < 4.78 is 0. The van der Waals surface area contributed by atoms with Crippen molar-refractivity contribution in [3.63, 3.8) is 0 Å². The second-order valence-corrected chi connectivity index (χ2v) is 11.6. The Bertz CT molecular complexity index is 699. The van der Waals surface area contributed by atoms with Crippen LogP contribution in [-0.4, -0.2) is 110 Å². The quantitative estimate of drug-likeness (QED) is 0.465. The Morgan fingerprint density at radius 2 is 1.76 bits per heavy atom. The molecule has 4 N–H and O–H groups in total. The number of amides is 2. The van der Waals surface area contributed by atoms with Crippen LogP contribution in [0.1, 0.15) is 70.6 Å². The number of piperidine rings is 1. The molecule has 5 rings (SSSR count). The zero-order chi connectivity index (χ0) is 23.5. The number of fused-ring (bicyclic) bond motifs is 1. The highest BCUT2D eigenvalue weighted by Gasteiger charge is 2.50. The van der Waals surface area contributed by atoms with E-state index in [1.807, 2.05) is 0 Å². The number of likely N-dealkylation sites (tertiary alicyclic amines) is 1. The molecule has 4 aliphatic heterocycles. The highest BCUT2D eigenvalue weighted by Crippen LogP contribution is 2.29. The van der Waals surface area contributed by atoms with E-state index in [9.17, 15) is 9.59 Å². The van der Waals surface area contributed by atoms with Gasteiger partial charge >= 0.3 is 0 Å². The Kier molecular flexibility index (Phi) is 8.08. The van der Waals surface area contributed by atoms with Crippen molar-refractivity contribution in [1.29, 1.82) is 0 Å². The number of quaternary nitrogens is 2. The molecule has 0 aromatic rings. The maximum absolute atomic E-state index is 13.1. The zero-order valence-corrected chi connectivity index (χ0v) is 21.4. The van der Waals surface area contributed by atoms with E-state index in [2.05, 4.69) is 32.4 Å². The van der Waals surface area contributed by atoms with Crippen LogP contribution in [0.4, 0.5) is 0 Å². The maximum atomic E-state index is 13.1. The van der Waals surface area contributed by atoms with Crippen molar-refractivity contribution in [2.24, 2.45) is 0 Å². The van der Waals surface area contributed by atoms with E-state index in [0.717, 1.165) is 45.6 Å². The van der Waals surface area contributed by atoms with Crippen molar-refractivity contribution in [3.8, 4) is 0 Å². The van der Waals surface area contributed by atoms with Crippen molar-refractivity contribution >= 4 is 11.8 Å². The number of rotatable bonds is 5. The summed E-state index contributed by atoms with van der Waals surface area (Å²) in [7, 11) is 2.27. The van der Waals surface area contributed by atoms with Gasteiger partial charge in [-0.15, -0.1) is 0 Å². The third-order valence-electron chi connectivity index (χ3n) is 9.74. The van der Waals surface area contributed by atoms with Gasteiger partial charge in [-0.3, -0.25) is 19.4 Å². The van der Waals surface area contributed by atoms with Gasteiger partial charge < -0.3 is 20.4 Å². The molecule has 5 fully saturated rings. The number of carbonyl (C=O) groups excluding carboxylic acids is 2. The second-order valence-electron chi connectivity index (χ2n) is 11.6. The molecule has 1 aliphatic carbocycles. The van der Waals surface area contributed by atoms with Gasteiger partial charge in [0.1, 0.15) is 24.3 Å².